The minimum Gasteiger partial charge on any atom is -0.444 e. The lowest BCUT2D eigenvalue weighted by molar-refractivity contribution is 0.0202. The van der Waals surface area contributed by atoms with E-state index in [2.05, 4.69) is 10.2 Å². The molecule has 1 N–H and O–H groups in total. The summed E-state index contributed by atoms with van der Waals surface area (Å²) < 4.78 is 7.15. The summed E-state index contributed by atoms with van der Waals surface area (Å²) in [6, 6.07) is 8.15. The summed E-state index contributed by atoms with van der Waals surface area (Å²) in [6.07, 6.45) is 1.24. The highest BCUT2D eigenvalue weighted by molar-refractivity contribution is 5.68. The summed E-state index contributed by atoms with van der Waals surface area (Å²) in [5.74, 6) is 0.914. The lowest BCUT2D eigenvalue weighted by Gasteiger charge is -2.33. The van der Waals surface area contributed by atoms with E-state index in [1.807, 2.05) is 52.0 Å². The molecule has 1 fully saturated rings. The van der Waals surface area contributed by atoms with Crippen LogP contribution in [0.5, 0.6) is 0 Å². The Balaban J connectivity index is 1.67. The lowest BCUT2D eigenvalue weighted by Crippen LogP contribution is -2.41. The fraction of sp³-hybridized carbons (Fsp3) is 0.550. The van der Waals surface area contributed by atoms with Crippen molar-refractivity contribution in [1.82, 2.24) is 19.7 Å². The fourth-order valence-corrected chi connectivity index (χ4v) is 3.32. The van der Waals surface area contributed by atoms with Gasteiger partial charge < -0.3 is 9.64 Å². The number of carbonyl (C=O) groups excluding carboxylic acids is 1. The first-order valence-corrected chi connectivity index (χ1v) is 9.41. The van der Waals surface area contributed by atoms with Crippen molar-refractivity contribution in [3.05, 3.63) is 51.7 Å². The van der Waals surface area contributed by atoms with Crippen LogP contribution in [-0.4, -0.2) is 44.4 Å². The van der Waals surface area contributed by atoms with Crippen LogP contribution in [0.1, 0.15) is 56.5 Å². The van der Waals surface area contributed by atoms with Gasteiger partial charge in [-0.2, -0.15) is 5.10 Å². The van der Waals surface area contributed by atoms with E-state index >= 15 is 0 Å². The lowest BCUT2D eigenvalue weighted by atomic mass is 9.96. The van der Waals surface area contributed by atoms with Crippen molar-refractivity contribution in [3.8, 4) is 0 Å². The highest BCUT2D eigenvalue weighted by Crippen LogP contribution is 2.27. The molecule has 0 saturated carbocycles. The summed E-state index contributed by atoms with van der Waals surface area (Å²) in [7, 11) is 0. The molecule has 0 atom stereocenters. The second-order valence-electron chi connectivity index (χ2n) is 8.20. The molecule has 7 heteroatoms. The van der Waals surface area contributed by atoms with Gasteiger partial charge in [0.25, 0.3) is 0 Å². The highest BCUT2D eigenvalue weighted by atomic mass is 16.6. The molecule has 1 saturated heterocycles. The first kappa shape index (κ1) is 19.2. The van der Waals surface area contributed by atoms with Gasteiger partial charge in [-0.3, -0.25) is 4.57 Å². The number of amides is 1. The van der Waals surface area contributed by atoms with Crippen molar-refractivity contribution >= 4 is 6.09 Å². The van der Waals surface area contributed by atoms with Gasteiger partial charge in [0.15, 0.2) is 0 Å². The van der Waals surface area contributed by atoms with Crippen molar-refractivity contribution in [2.45, 2.75) is 58.6 Å². The third-order valence-electron chi connectivity index (χ3n) is 4.76. The van der Waals surface area contributed by atoms with Crippen LogP contribution >= 0.6 is 0 Å². The number of nitrogens with one attached hydrogen (secondary N) is 1. The van der Waals surface area contributed by atoms with Crippen LogP contribution in [0.2, 0.25) is 0 Å². The van der Waals surface area contributed by atoms with Crippen LogP contribution in [0.15, 0.2) is 29.1 Å². The van der Waals surface area contributed by atoms with E-state index in [1.54, 1.807) is 9.47 Å². The number of hydrogen-bond donors (Lipinski definition) is 1. The van der Waals surface area contributed by atoms with Gasteiger partial charge >= 0.3 is 11.8 Å². The maximum Gasteiger partial charge on any atom is 0.410 e. The number of aromatic amines is 1. The molecule has 2 aromatic rings. The molecule has 146 valence electrons. The number of aromatic nitrogens is 3. The summed E-state index contributed by atoms with van der Waals surface area (Å²) in [6.45, 7) is 9.34. The molecule has 0 radical (unpaired) electrons. The Labute approximate surface area is 159 Å². The van der Waals surface area contributed by atoms with E-state index < -0.39 is 5.60 Å². The van der Waals surface area contributed by atoms with Crippen molar-refractivity contribution in [2.75, 3.05) is 13.1 Å². The molecule has 0 spiro atoms. The minimum absolute atomic E-state index is 0.146. The third-order valence-corrected chi connectivity index (χ3v) is 4.76. The monoisotopic (exact) mass is 372 g/mol. The van der Waals surface area contributed by atoms with Crippen molar-refractivity contribution < 1.29 is 9.53 Å². The highest BCUT2D eigenvalue weighted by Gasteiger charge is 2.30. The molecule has 0 unspecified atom stereocenters. The zero-order valence-corrected chi connectivity index (χ0v) is 16.5. The summed E-state index contributed by atoms with van der Waals surface area (Å²) in [5, 5.41) is 6.86. The predicted molar refractivity (Wildman–Crippen MR) is 103 cm³/mol. The molecule has 1 aliphatic heterocycles. The van der Waals surface area contributed by atoms with Gasteiger partial charge in [-0.1, -0.05) is 29.8 Å². The number of ether oxygens (including phenoxy) is 1. The number of likely N-dealkylation sites (tertiary alicyclic amines) is 1. The van der Waals surface area contributed by atoms with Crippen LogP contribution in [-0.2, 0) is 11.3 Å². The molecule has 3 rings (SSSR count). The first-order chi connectivity index (χ1) is 12.7. The SMILES string of the molecule is Cc1ccc(Cn2c(C3CCN(C(=O)OC(C)(C)C)CC3)n[nH]c2=O)cc1. The van der Waals surface area contributed by atoms with Gasteiger partial charge in [-0.15, -0.1) is 0 Å². The maximum absolute atomic E-state index is 12.2. The number of nitrogens with zero attached hydrogens (tertiary/aromatic N) is 3. The largest absolute Gasteiger partial charge is 0.444 e. The summed E-state index contributed by atoms with van der Waals surface area (Å²) in [5.41, 5.74) is 1.56. The summed E-state index contributed by atoms with van der Waals surface area (Å²) in [4.78, 5) is 26.2. The molecule has 27 heavy (non-hydrogen) atoms. The number of aryl methyl sites for hydroxylation is 1. The van der Waals surface area contributed by atoms with Crippen LogP contribution in [0.25, 0.3) is 0 Å². The quantitative estimate of drug-likeness (QED) is 0.898. The zero-order valence-electron chi connectivity index (χ0n) is 16.5. The topological polar surface area (TPSA) is 80.2 Å². The Bertz CT molecular complexity index is 837. The van der Waals surface area contributed by atoms with Gasteiger partial charge in [0.1, 0.15) is 11.4 Å². The van der Waals surface area contributed by atoms with Gasteiger partial charge in [0, 0.05) is 19.0 Å². The minimum atomic E-state index is -0.495. The molecule has 0 aliphatic carbocycles. The standard InChI is InChI=1S/C20H28N4O3/c1-14-5-7-15(8-6-14)13-24-17(21-22-18(24)25)16-9-11-23(12-10-16)19(26)27-20(2,3)4/h5-8,16H,9-13H2,1-4H3,(H,22,25). The maximum atomic E-state index is 12.2. The van der Waals surface area contributed by atoms with E-state index in [1.165, 1.54) is 5.56 Å². The molecular weight excluding hydrogens is 344 g/mol. The van der Waals surface area contributed by atoms with E-state index in [0.29, 0.717) is 19.6 Å². The molecule has 2 heterocycles. The Kier molecular flexibility index (Phi) is 5.39. The average Bonchev–Trinajstić information content (AvgIpc) is 2.96. The van der Waals surface area contributed by atoms with Gasteiger partial charge in [0.2, 0.25) is 0 Å². The van der Waals surface area contributed by atoms with Gasteiger partial charge in [0.05, 0.1) is 6.54 Å². The molecule has 1 aromatic carbocycles. The Hall–Kier alpha value is -2.57. The first-order valence-electron chi connectivity index (χ1n) is 9.41. The van der Waals surface area contributed by atoms with E-state index in [-0.39, 0.29) is 17.7 Å². The summed E-state index contributed by atoms with van der Waals surface area (Å²) >= 11 is 0. The van der Waals surface area contributed by atoms with E-state index in [4.69, 9.17) is 4.74 Å². The Morgan fingerprint density at radius 1 is 1.22 bits per heavy atom. The zero-order chi connectivity index (χ0) is 19.6. The van der Waals surface area contributed by atoms with Crippen molar-refractivity contribution in [2.24, 2.45) is 0 Å². The fourth-order valence-electron chi connectivity index (χ4n) is 3.32. The predicted octanol–water partition coefficient (Wildman–Crippen LogP) is 3.04. The van der Waals surface area contributed by atoms with Crippen molar-refractivity contribution in [3.63, 3.8) is 0 Å². The van der Waals surface area contributed by atoms with Crippen molar-refractivity contribution in [1.29, 1.82) is 0 Å². The van der Waals surface area contributed by atoms with E-state index in [9.17, 15) is 9.59 Å². The number of H-pyrrole nitrogens is 1. The number of hydrogen-bond acceptors (Lipinski definition) is 4. The molecule has 0 bridgehead atoms. The smallest absolute Gasteiger partial charge is 0.410 e. The Morgan fingerprint density at radius 3 is 2.44 bits per heavy atom. The molecule has 1 aliphatic rings. The van der Waals surface area contributed by atoms with Gasteiger partial charge in [-0.25, -0.2) is 14.7 Å². The molecule has 1 aromatic heterocycles. The second kappa shape index (κ2) is 7.58. The number of benzene rings is 1. The molecule has 7 nitrogen and oxygen atoms in total. The number of piperidine rings is 1. The molecule has 1 amide bonds. The van der Waals surface area contributed by atoms with E-state index in [0.717, 1.165) is 24.2 Å². The van der Waals surface area contributed by atoms with Gasteiger partial charge in [-0.05, 0) is 46.1 Å². The average molecular weight is 372 g/mol. The molecular formula is C20H28N4O3. The van der Waals surface area contributed by atoms with Crippen LogP contribution < -0.4 is 5.69 Å². The number of rotatable bonds is 3. The number of carbonyl (C=O) groups is 1. The van der Waals surface area contributed by atoms with Crippen LogP contribution in [0.3, 0.4) is 0 Å². The third kappa shape index (κ3) is 4.78. The Morgan fingerprint density at radius 2 is 1.85 bits per heavy atom. The van der Waals surface area contributed by atoms with Crippen LogP contribution in [0, 0.1) is 6.92 Å². The second-order valence-corrected chi connectivity index (χ2v) is 8.20. The van der Waals surface area contributed by atoms with Crippen LogP contribution in [0.4, 0.5) is 4.79 Å². The normalized spacial score (nSPS) is 15.8.